The van der Waals surface area contributed by atoms with Crippen LogP contribution in [0.25, 0.3) is 0 Å². The van der Waals surface area contributed by atoms with E-state index in [1.54, 1.807) is 6.20 Å². The summed E-state index contributed by atoms with van der Waals surface area (Å²) in [6.07, 6.45) is 6.20. The van der Waals surface area contributed by atoms with E-state index in [4.69, 9.17) is 16.7 Å². The summed E-state index contributed by atoms with van der Waals surface area (Å²) in [6, 6.07) is 0.262. The fraction of sp³-hybridized carbons (Fsp3) is 0.545. The first-order valence-corrected chi connectivity index (χ1v) is 6.00. The molecule has 0 atom stereocenters. The van der Waals surface area contributed by atoms with Crippen molar-refractivity contribution in [3.63, 3.8) is 0 Å². The first-order valence-electron chi connectivity index (χ1n) is 5.62. The van der Waals surface area contributed by atoms with Crippen LogP contribution in [0.3, 0.4) is 0 Å². The Labute approximate surface area is 104 Å². The Morgan fingerprint density at radius 2 is 2.06 bits per heavy atom. The molecule has 0 amide bonds. The zero-order valence-corrected chi connectivity index (χ0v) is 10.0. The van der Waals surface area contributed by atoms with E-state index in [-0.39, 0.29) is 12.0 Å². The molecular weight excluding hydrogens is 242 g/mol. The topological polar surface area (TPSA) is 75.1 Å². The molecule has 1 aromatic rings. The average molecular weight is 256 g/mol. The molecule has 1 heterocycles. The highest BCUT2D eigenvalue weighted by atomic mass is 35.5. The minimum absolute atomic E-state index is 0.196. The molecule has 0 spiro atoms. The zero-order valence-electron chi connectivity index (χ0n) is 9.27. The van der Waals surface area contributed by atoms with E-state index >= 15 is 0 Å². The van der Waals surface area contributed by atoms with Crippen LogP contribution in [0.4, 0.5) is 5.82 Å². The van der Waals surface area contributed by atoms with Gasteiger partial charge in [-0.2, -0.15) is 0 Å². The lowest BCUT2D eigenvalue weighted by molar-refractivity contribution is -0.142. The molecule has 1 aromatic heterocycles. The molecule has 0 unspecified atom stereocenters. The second-order valence-corrected chi connectivity index (χ2v) is 4.65. The van der Waals surface area contributed by atoms with E-state index in [2.05, 4.69) is 15.3 Å². The Morgan fingerprint density at radius 3 is 2.65 bits per heavy atom. The first kappa shape index (κ1) is 12.1. The summed E-state index contributed by atoms with van der Waals surface area (Å²) in [7, 11) is 0. The third-order valence-electron chi connectivity index (χ3n) is 3.03. The van der Waals surface area contributed by atoms with Crippen molar-refractivity contribution in [2.45, 2.75) is 31.7 Å². The largest absolute Gasteiger partial charge is 0.481 e. The highest BCUT2D eigenvalue weighted by Gasteiger charge is 2.25. The van der Waals surface area contributed by atoms with E-state index in [0.717, 1.165) is 12.8 Å². The van der Waals surface area contributed by atoms with Crippen LogP contribution in [0, 0.1) is 5.92 Å². The van der Waals surface area contributed by atoms with Crippen molar-refractivity contribution in [3.8, 4) is 0 Å². The van der Waals surface area contributed by atoms with Gasteiger partial charge >= 0.3 is 5.97 Å². The van der Waals surface area contributed by atoms with Gasteiger partial charge in [0.15, 0.2) is 0 Å². The second-order valence-electron chi connectivity index (χ2n) is 4.26. The number of carboxylic acid groups (broad SMARTS) is 1. The number of nitrogens with one attached hydrogen (secondary N) is 1. The van der Waals surface area contributed by atoms with Gasteiger partial charge in [-0.3, -0.25) is 9.78 Å². The predicted octanol–water partition coefficient (Wildman–Crippen LogP) is 2.19. The smallest absolute Gasteiger partial charge is 0.306 e. The number of hydrogen-bond acceptors (Lipinski definition) is 4. The first-order chi connectivity index (χ1) is 8.15. The summed E-state index contributed by atoms with van der Waals surface area (Å²) in [5, 5.41) is 12.5. The number of aliphatic carboxylic acids is 1. The molecule has 2 rings (SSSR count). The molecular formula is C11H14ClN3O2. The van der Waals surface area contributed by atoms with Gasteiger partial charge in [0.25, 0.3) is 0 Å². The maximum Gasteiger partial charge on any atom is 0.306 e. The van der Waals surface area contributed by atoms with Gasteiger partial charge in [-0.1, -0.05) is 11.6 Å². The number of anilines is 1. The molecule has 6 heteroatoms. The molecule has 1 fully saturated rings. The Bertz CT molecular complexity index is 405. The lowest BCUT2D eigenvalue weighted by atomic mass is 9.86. The molecule has 0 bridgehead atoms. The van der Waals surface area contributed by atoms with Gasteiger partial charge in [0.2, 0.25) is 0 Å². The fourth-order valence-corrected chi connectivity index (χ4v) is 2.25. The van der Waals surface area contributed by atoms with E-state index in [1.807, 2.05) is 0 Å². The number of carboxylic acids is 1. The molecule has 5 nitrogen and oxygen atoms in total. The van der Waals surface area contributed by atoms with Gasteiger partial charge in [0.1, 0.15) is 11.0 Å². The van der Waals surface area contributed by atoms with Crippen molar-refractivity contribution >= 4 is 23.4 Å². The summed E-state index contributed by atoms with van der Waals surface area (Å²) in [5.74, 6) is -0.235. The third-order valence-corrected chi connectivity index (χ3v) is 3.22. The van der Waals surface area contributed by atoms with Crippen molar-refractivity contribution in [3.05, 3.63) is 17.5 Å². The van der Waals surface area contributed by atoms with Crippen molar-refractivity contribution in [1.82, 2.24) is 9.97 Å². The predicted molar refractivity (Wildman–Crippen MR) is 64.0 cm³/mol. The van der Waals surface area contributed by atoms with Gasteiger partial charge in [-0.05, 0) is 25.7 Å². The number of carbonyl (C=O) groups is 1. The molecule has 1 saturated carbocycles. The van der Waals surface area contributed by atoms with E-state index < -0.39 is 5.97 Å². The van der Waals surface area contributed by atoms with Crippen LogP contribution in [0.2, 0.25) is 5.15 Å². The Balaban J connectivity index is 1.88. The Kier molecular flexibility index (Phi) is 3.78. The van der Waals surface area contributed by atoms with Crippen molar-refractivity contribution in [1.29, 1.82) is 0 Å². The normalized spacial score (nSPS) is 24.3. The highest BCUT2D eigenvalue weighted by molar-refractivity contribution is 6.29. The molecule has 0 aromatic carbocycles. The quantitative estimate of drug-likeness (QED) is 0.866. The monoisotopic (exact) mass is 255 g/mol. The van der Waals surface area contributed by atoms with Gasteiger partial charge in [-0.25, -0.2) is 4.98 Å². The van der Waals surface area contributed by atoms with Crippen molar-refractivity contribution in [2.24, 2.45) is 5.92 Å². The molecule has 92 valence electrons. The molecule has 0 aliphatic heterocycles. The Morgan fingerprint density at radius 1 is 1.35 bits per heavy atom. The number of halogens is 1. The summed E-state index contributed by atoms with van der Waals surface area (Å²) >= 11 is 5.74. The Hall–Kier alpha value is -1.36. The van der Waals surface area contributed by atoms with Crippen LogP contribution in [0.1, 0.15) is 25.7 Å². The van der Waals surface area contributed by atoms with Crippen LogP contribution in [0.15, 0.2) is 12.4 Å². The van der Waals surface area contributed by atoms with Crippen LogP contribution in [0.5, 0.6) is 0 Å². The number of nitrogens with zero attached hydrogens (tertiary/aromatic N) is 2. The van der Waals surface area contributed by atoms with Crippen LogP contribution >= 0.6 is 11.6 Å². The van der Waals surface area contributed by atoms with E-state index in [9.17, 15) is 4.79 Å². The summed E-state index contributed by atoms with van der Waals surface area (Å²) in [6.45, 7) is 0. The van der Waals surface area contributed by atoms with Gasteiger partial charge in [-0.15, -0.1) is 0 Å². The minimum atomic E-state index is -0.689. The minimum Gasteiger partial charge on any atom is -0.481 e. The average Bonchev–Trinajstić information content (AvgIpc) is 2.29. The lowest BCUT2D eigenvalue weighted by Crippen LogP contribution is -2.29. The maximum absolute atomic E-state index is 10.8. The molecule has 17 heavy (non-hydrogen) atoms. The van der Waals surface area contributed by atoms with Crippen molar-refractivity contribution in [2.75, 3.05) is 5.32 Å². The standard InChI is InChI=1S/C11H14ClN3O2/c12-9-5-13-6-10(15-9)14-8-3-1-7(2-4-8)11(16)17/h5-8H,1-4H2,(H,14,15)(H,16,17). The summed E-state index contributed by atoms with van der Waals surface area (Å²) < 4.78 is 0. The maximum atomic E-state index is 10.8. The van der Waals surface area contributed by atoms with E-state index in [1.165, 1.54) is 6.20 Å². The van der Waals surface area contributed by atoms with Crippen LogP contribution in [-0.2, 0) is 4.79 Å². The van der Waals surface area contributed by atoms with Gasteiger partial charge < -0.3 is 10.4 Å². The zero-order chi connectivity index (χ0) is 12.3. The number of hydrogen-bond donors (Lipinski definition) is 2. The molecule has 0 saturated heterocycles. The fourth-order valence-electron chi connectivity index (χ4n) is 2.11. The second kappa shape index (κ2) is 5.31. The molecule has 0 radical (unpaired) electrons. The molecule has 1 aliphatic rings. The highest BCUT2D eigenvalue weighted by Crippen LogP contribution is 2.26. The lowest BCUT2D eigenvalue weighted by Gasteiger charge is -2.27. The van der Waals surface area contributed by atoms with Gasteiger partial charge in [0, 0.05) is 6.04 Å². The van der Waals surface area contributed by atoms with E-state index in [0.29, 0.717) is 23.8 Å². The summed E-state index contributed by atoms with van der Waals surface area (Å²) in [4.78, 5) is 18.8. The number of rotatable bonds is 3. The third kappa shape index (κ3) is 3.30. The van der Waals surface area contributed by atoms with Crippen LogP contribution < -0.4 is 5.32 Å². The molecule has 2 N–H and O–H groups in total. The number of aromatic nitrogens is 2. The summed E-state index contributed by atoms with van der Waals surface area (Å²) in [5.41, 5.74) is 0. The van der Waals surface area contributed by atoms with Crippen LogP contribution in [-0.4, -0.2) is 27.1 Å². The van der Waals surface area contributed by atoms with Gasteiger partial charge in [0.05, 0.1) is 18.3 Å². The molecule has 1 aliphatic carbocycles. The van der Waals surface area contributed by atoms with Crippen molar-refractivity contribution < 1.29 is 9.90 Å². The SMILES string of the molecule is O=C(O)C1CCC(Nc2cncc(Cl)n2)CC1.